The maximum Gasteiger partial charge on any atom is 0.273 e. The van der Waals surface area contributed by atoms with Crippen molar-refractivity contribution < 1.29 is 14.0 Å². The van der Waals surface area contributed by atoms with Gasteiger partial charge in [0, 0.05) is 37.0 Å². The molecular formula is C18H24N4O3S. The van der Waals surface area contributed by atoms with Gasteiger partial charge < -0.3 is 20.4 Å². The molecule has 2 amide bonds. The summed E-state index contributed by atoms with van der Waals surface area (Å²) in [6.07, 6.45) is 4.79. The maximum absolute atomic E-state index is 13.1. The minimum atomic E-state index is -0.0747. The molecule has 1 fully saturated rings. The Kier molecular flexibility index (Phi) is 6.05. The first-order chi connectivity index (χ1) is 12.6. The van der Waals surface area contributed by atoms with Gasteiger partial charge in [-0.2, -0.15) is 0 Å². The summed E-state index contributed by atoms with van der Waals surface area (Å²) in [7, 11) is 0. The predicted octanol–water partition coefficient (Wildman–Crippen LogP) is 2.17. The molecule has 1 unspecified atom stereocenters. The average Bonchev–Trinajstić information content (AvgIpc) is 3.29. The first-order valence-corrected chi connectivity index (χ1v) is 9.71. The van der Waals surface area contributed by atoms with Crippen LogP contribution in [0.1, 0.15) is 41.0 Å². The SMILES string of the molecule is Cc1sc(-c2ccco2)nc1C(=O)N1CCCCC1CNC(=O)CCN. The van der Waals surface area contributed by atoms with Crippen LogP contribution >= 0.6 is 11.3 Å². The molecule has 26 heavy (non-hydrogen) atoms. The van der Waals surface area contributed by atoms with E-state index in [1.165, 1.54) is 11.3 Å². The summed E-state index contributed by atoms with van der Waals surface area (Å²) in [6.45, 7) is 3.37. The van der Waals surface area contributed by atoms with Gasteiger partial charge in [0.2, 0.25) is 5.91 Å². The highest BCUT2D eigenvalue weighted by molar-refractivity contribution is 7.15. The number of carbonyl (C=O) groups excluding carboxylic acids is 2. The van der Waals surface area contributed by atoms with E-state index in [-0.39, 0.29) is 17.9 Å². The average molecular weight is 376 g/mol. The number of rotatable bonds is 6. The Morgan fingerprint density at radius 1 is 1.46 bits per heavy atom. The van der Waals surface area contributed by atoms with Crippen LogP contribution in [0.25, 0.3) is 10.8 Å². The van der Waals surface area contributed by atoms with E-state index in [1.807, 2.05) is 17.9 Å². The number of likely N-dealkylation sites (tertiary alicyclic amines) is 1. The minimum absolute atomic E-state index is 0.00821. The molecule has 1 aliphatic rings. The standard InChI is InChI=1S/C18H24N4O3S/c1-12-16(21-17(26-12)14-6-4-10-25-14)18(24)22-9-3-2-5-13(22)11-20-15(23)7-8-19/h4,6,10,13H,2-3,5,7-9,11,19H2,1H3,(H,20,23). The number of furan rings is 1. The third kappa shape index (κ3) is 4.13. The fourth-order valence-electron chi connectivity index (χ4n) is 3.17. The zero-order valence-electron chi connectivity index (χ0n) is 14.9. The largest absolute Gasteiger partial charge is 0.462 e. The lowest BCUT2D eigenvalue weighted by molar-refractivity contribution is -0.121. The Morgan fingerprint density at radius 2 is 2.31 bits per heavy atom. The van der Waals surface area contributed by atoms with Crippen LogP contribution < -0.4 is 11.1 Å². The lowest BCUT2D eigenvalue weighted by Crippen LogP contribution is -2.49. The van der Waals surface area contributed by atoms with E-state index in [4.69, 9.17) is 10.2 Å². The van der Waals surface area contributed by atoms with Crippen molar-refractivity contribution >= 4 is 23.2 Å². The van der Waals surface area contributed by atoms with E-state index in [0.717, 1.165) is 24.1 Å². The number of aryl methyl sites for hydroxylation is 1. The van der Waals surface area contributed by atoms with E-state index in [0.29, 0.717) is 42.5 Å². The van der Waals surface area contributed by atoms with Crippen molar-refractivity contribution in [3.8, 4) is 10.8 Å². The third-order valence-corrected chi connectivity index (χ3v) is 5.51. The van der Waals surface area contributed by atoms with Gasteiger partial charge in [-0.3, -0.25) is 9.59 Å². The minimum Gasteiger partial charge on any atom is -0.462 e. The summed E-state index contributed by atoms with van der Waals surface area (Å²) in [6, 6.07) is 3.63. The lowest BCUT2D eigenvalue weighted by atomic mass is 10.0. The van der Waals surface area contributed by atoms with Crippen molar-refractivity contribution in [3.63, 3.8) is 0 Å². The number of amides is 2. The predicted molar refractivity (Wildman–Crippen MR) is 99.9 cm³/mol. The van der Waals surface area contributed by atoms with Crippen molar-refractivity contribution in [2.75, 3.05) is 19.6 Å². The summed E-state index contributed by atoms with van der Waals surface area (Å²) in [4.78, 5) is 32.0. The molecule has 3 heterocycles. The van der Waals surface area contributed by atoms with Crippen LogP contribution in [0.15, 0.2) is 22.8 Å². The quantitative estimate of drug-likeness (QED) is 0.804. The molecule has 2 aromatic heterocycles. The van der Waals surface area contributed by atoms with Crippen LogP contribution in [0, 0.1) is 6.92 Å². The summed E-state index contributed by atoms with van der Waals surface area (Å²) in [5.41, 5.74) is 5.88. The third-order valence-electron chi connectivity index (χ3n) is 4.53. The fraction of sp³-hybridized carbons (Fsp3) is 0.500. The highest BCUT2D eigenvalue weighted by atomic mass is 32.1. The van der Waals surface area contributed by atoms with Crippen molar-refractivity contribution in [1.82, 2.24) is 15.2 Å². The molecule has 0 aromatic carbocycles. The molecule has 7 nitrogen and oxygen atoms in total. The Bertz CT molecular complexity index is 757. The Hall–Kier alpha value is -2.19. The van der Waals surface area contributed by atoms with Crippen LogP contribution in [0.5, 0.6) is 0 Å². The Balaban J connectivity index is 1.73. The summed E-state index contributed by atoms with van der Waals surface area (Å²) < 4.78 is 5.39. The number of carbonyl (C=O) groups is 2. The van der Waals surface area contributed by atoms with Gasteiger partial charge in [0.05, 0.1) is 6.26 Å². The molecule has 1 saturated heterocycles. The summed E-state index contributed by atoms with van der Waals surface area (Å²) in [5, 5.41) is 3.60. The molecule has 3 N–H and O–H groups in total. The van der Waals surface area contributed by atoms with E-state index < -0.39 is 0 Å². The molecule has 2 aromatic rings. The topological polar surface area (TPSA) is 101 Å². The second-order valence-corrected chi connectivity index (χ2v) is 7.60. The molecule has 0 spiro atoms. The van der Waals surface area contributed by atoms with Gasteiger partial charge in [0.25, 0.3) is 5.91 Å². The van der Waals surface area contributed by atoms with Crippen LogP contribution in [0.4, 0.5) is 0 Å². The first-order valence-electron chi connectivity index (χ1n) is 8.89. The molecule has 0 saturated carbocycles. The van der Waals surface area contributed by atoms with Crippen LogP contribution in [-0.4, -0.2) is 47.4 Å². The van der Waals surface area contributed by atoms with Crippen molar-refractivity contribution in [3.05, 3.63) is 29.0 Å². The number of thiazole rings is 1. The van der Waals surface area contributed by atoms with Crippen LogP contribution in [0.3, 0.4) is 0 Å². The molecule has 8 heteroatoms. The molecule has 0 aliphatic carbocycles. The zero-order chi connectivity index (χ0) is 18.5. The number of hydrogen-bond donors (Lipinski definition) is 2. The second-order valence-electron chi connectivity index (χ2n) is 6.39. The molecule has 1 atom stereocenters. The number of nitrogens with zero attached hydrogens (tertiary/aromatic N) is 2. The van der Waals surface area contributed by atoms with Crippen molar-refractivity contribution in [2.45, 2.75) is 38.6 Å². The van der Waals surface area contributed by atoms with E-state index in [9.17, 15) is 9.59 Å². The first kappa shape index (κ1) is 18.6. The van der Waals surface area contributed by atoms with Crippen LogP contribution in [0.2, 0.25) is 0 Å². The normalized spacial score (nSPS) is 17.3. The molecule has 0 bridgehead atoms. The van der Waals surface area contributed by atoms with Crippen molar-refractivity contribution in [1.29, 1.82) is 0 Å². The second kappa shape index (κ2) is 8.46. The fourth-order valence-corrected chi connectivity index (χ4v) is 4.04. The van der Waals surface area contributed by atoms with Gasteiger partial charge in [0.15, 0.2) is 10.8 Å². The van der Waals surface area contributed by atoms with E-state index >= 15 is 0 Å². The van der Waals surface area contributed by atoms with Gasteiger partial charge in [0.1, 0.15) is 5.69 Å². The summed E-state index contributed by atoms with van der Waals surface area (Å²) >= 11 is 1.45. The zero-order valence-corrected chi connectivity index (χ0v) is 15.7. The number of nitrogens with two attached hydrogens (primary N) is 1. The van der Waals surface area contributed by atoms with Gasteiger partial charge in [-0.15, -0.1) is 11.3 Å². The molecule has 3 rings (SSSR count). The number of nitrogens with one attached hydrogen (secondary N) is 1. The number of piperidine rings is 1. The summed E-state index contributed by atoms with van der Waals surface area (Å²) in [5.74, 6) is 0.520. The van der Waals surface area contributed by atoms with Crippen molar-refractivity contribution in [2.24, 2.45) is 5.73 Å². The number of hydrogen-bond acceptors (Lipinski definition) is 6. The highest BCUT2D eigenvalue weighted by Gasteiger charge is 2.30. The number of aromatic nitrogens is 1. The molecular weight excluding hydrogens is 352 g/mol. The molecule has 1 aliphatic heterocycles. The van der Waals surface area contributed by atoms with E-state index in [2.05, 4.69) is 10.3 Å². The lowest BCUT2D eigenvalue weighted by Gasteiger charge is -2.35. The monoisotopic (exact) mass is 376 g/mol. The van der Waals surface area contributed by atoms with E-state index in [1.54, 1.807) is 12.3 Å². The van der Waals surface area contributed by atoms with Gasteiger partial charge in [-0.25, -0.2) is 4.98 Å². The molecule has 140 valence electrons. The van der Waals surface area contributed by atoms with Crippen LogP contribution in [-0.2, 0) is 4.79 Å². The Labute approximate surface area is 156 Å². The van der Waals surface area contributed by atoms with Gasteiger partial charge >= 0.3 is 0 Å². The highest BCUT2D eigenvalue weighted by Crippen LogP contribution is 2.29. The molecule has 0 radical (unpaired) electrons. The smallest absolute Gasteiger partial charge is 0.273 e. The maximum atomic E-state index is 13.1. The van der Waals surface area contributed by atoms with Gasteiger partial charge in [-0.05, 0) is 38.3 Å². The Morgan fingerprint density at radius 3 is 3.04 bits per heavy atom. The van der Waals surface area contributed by atoms with Gasteiger partial charge in [-0.1, -0.05) is 0 Å².